The fourth-order valence-corrected chi connectivity index (χ4v) is 4.29. The Morgan fingerprint density at radius 1 is 1.57 bits per heavy atom. The van der Waals surface area contributed by atoms with Crippen LogP contribution in [0.25, 0.3) is 0 Å². The smallest absolute Gasteiger partial charge is 0.337 e. The van der Waals surface area contributed by atoms with Crippen molar-refractivity contribution < 1.29 is 23.2 Å². The van der Waals surface area contributed by atoms with Crippen LogP contribution in [-0.2, 0) is 9.84 Å². The number of carboxylic acids is 1. The molecule has 1 aliphatic heterocycles. The van der Waals surface area contributed by atoms with Gasteiger partial charge in [0.2, 0.25) is 5.82 Å². The van der Waals surface area contributed by atoms with E-state index in [9.17, 15) is 23.3 Å². The number of anilines is 1. The SMILES string of the molecule is CC1(Nc2ncc(C(=O)O)cc2[N+](=O)[O-])CCS(=O)(=O)C1. The lowest BCUT2D eigenvalue weighted by atomic mass is 10.0. The minimum atomic E-state index is -3.18. The molecule has 2 heterocycles. The van der Waals surface area contributed by atoms with Crippen LogP contribution in [0.4, 0.5) is 11.5 Å². The van der Waals surface area contributed by atoms with Crippen LogP contribution in [0.2, 0.25) is 0 Å². The second-order valence-corrected chi connectivity index (χ2v) is 7.37. The van der Waals surface area contributed by atoms with Crippen molar-refractivity contribution in [1.29, 1.82) is 0 Å². The van der Waals surface area contributed by atoms with E-state index in [4.69, 9.17) is 5.11 Å². The monoisotopic (exact) mass is 315 g/mol. The largest absolute Gasteiger partial charge is 0.478 e. The summed E-state index contributed by atoms with van der Waals surface area (Å²) in [6, 6.07) is 0.893. The zero-order valence-corrected chi connectivity index (χ0v) is 11.9. The Hall–Kier alpha value is -2.23. The number of carboxylic acid groups (broad SMARTS) is 1. The third kappa shape index (κ3) is 3.27. The number of aromatic carboxylic acids is 1. The molecule has 9 nitrogen and oxygen atoms in total. The van der Waals surface area contributed by atoms with E-state index in [2.05, 4.69) is 10.3 Å². The zero-order chi connectivity index (χ0) is 15.8. The van der Waals surface area contributed by atoms with Crippen LogP contribution >= 0.6 is 0 Å². The van der Waals surface area contributed by atoms with E-state index in [1.807, 2.05) is 0 Å². The van der Waals surface area contributed by atoms with Gasteiger partial charge in [0.1, 0.15) is 0 Å². The predicted molar refractivity (Wildman–Crippen MR) is 73.1 cm³/mol. The number of hydrogen-bond donors (Lipinski definition) is 2. The Labute approximate surface area is 120 Å². The number of hydrogen-bond acceptors (Lipinski definition) is 7. The van der Waals surface area contributed by atoms with Crippen molar-refractivity contribution in [3.8, 4) is 0 Å². The summed E-state index contributed by atoms with van der Waals surface area (Å²) >= 11 is 0. The minimum absolute atomic E-state index is 0.00247. The second kappa shape index (κ2) is 4.95. The maximum atomic E-state index is 11.5. The van der Waals surface area contributed by atoms with Crippen LogP contribution in [0.5, 0.6) is 0 Å². The molecular weight excluding hydrogens is 302 g/mol. The first kappa shape index (κ1) is 15.2. The van der Waals surface area contributed by atoms with Crippen LogP contribution in [0, 0.1) is 10.1 Å². The van der Waals surface area contributed by atoms with Crippen molar-refractivity contribution >= 4 is 27.3 Å². The van der Waals surface area contributed by atoms with Gasteiger partial charge in [-0.2, -0.15) is 0 Å². The van der Waals surface area contributed by atoms with Crippen LogP contribution in [0.1, 0.15) is 23.7 Å². The Kier molecular flexibility index (Phi) is 3.58. The number of nitrogens with one attached hydrogen (secondary N) is 1. The maximum Gasteiger partial charge on any atom is 0.337 e. The van der Waals surface area contributed by atoms with Crippen molar-refractivity contribution in [2.45, 2.75) is 18.9 Å². The van der Waals surface area contributed by atoms with Crippen molar-refractivity contribution in [1.82, 2.24) is 4.98 Å². The van der Waals surface area contributed by atoms with Crippen LogP contribution in [0.15, 0.2) is 12.3 Å². The molecule has 0 bridgehead atoms. The lowest BCUT2D eigenvalue weighted by Crippen LogP contribution is -2.36. The Bertz CT molecular complexity index is 717. The van der Waals surface area contributed by atoms with Crippen molar-refractivity contribution in [3.05, 3.63) is 27.9 Å². The number of aromatic nitrogens is 1. The fourth-order valence-electron chi connectivity index (χ4n) is 2.20. The van der Waals surface area contributed by atoms with Gasteiger partial charge in [-0.05, 0) is 13.3 Å². The highest BCUT2D eigenvalue weighted by molar-refractivity contribution is 7.91. The van der Waals surface area contributed by atoms with Gasteiger partial charge in [-0.1, -0.05) is 0 Å². The molecule has 2 rings (SSSR count). The van der Waals surface area contributed by atoms with Gasteiger partial charge in [-0.3, -0.25) is 10.1 Å². The highest BCUT2D eigenvalue weighted by Gasteiger charge is 2.39. The first-order chi connectivity index (χ1) is 9.62. The van der Waals surface area contributed by atoms with E-state index in [0.29, 0.717) is 6.42 Å². The molecule has 1 saturated heterocycles. The highest BCUT2D eigenvalue weighted by Crippen LogP contribution is 2.31. The molecule has 0 radical (unpaired) electrons. The maximum absolute atomic E-state index is 11.5. The standard InChI is InChI=1S/C11H13N3O6S/c1-11(2-3-21(19,20)6-11)13-9-8(14(17)18)4-7(5-12-9)10(15)16/h4-5H,2-3,6H2,1H3,(H,12,13)(H,15,16). The highest BCUT2D eigenvalue weighted by atomic mass is 32.2. The molecule has 1 atom stereocenters. The molecule has 0 aromatic carbocycles. The first-order valence-electron chi connectivity index (χ1n) is 5.98. The van der Waals surface area contributed by atoms with Gasteiger partial charge in [0, 0.05) is 12.3 Å². The molecule has 1 aromatic rings. The van der Waals surface area contributed by atoms with Gasteiger partial charge in [-0.15, -0.1) is 0 Å². The van der Waals surface area contributed by atoms with E-state index in [1.54, 1.807) is 6.92 Å². The van der Waals surface area contributed by atoms with E-state index in [-0.39, 0.29) is 22.9 Å². The molecule has 0 amide bonds. The fraction of sp³-hybridized carbons (Fsp3) is 0.455. The molecule has 0 aliphatic carbocycles. The van der Waals surface area contributed by atoms with Gasteiger partial charge in [0.25, 0.3) is 0 Å². The molecule has 2 N–H and O–H groups in total. The lowest BCUT2D eigenvalue weighted by Gasteiger charge is -2.24. The summed E-state index contributed by atoms with van der Waals surface area (Å²) in [5.74, 6) is -1.62. The Morgan fingerprint density at radius 2 is 2.24 bits per heavy atom. The molecular formula is C11H13N3O6S. The van der Waals surface area contributed by atoms with Gasteiger partial charge >= 0.3 is 11.7 Å². The van der Waals surface area contributed by atoms with E-state index in [1.165, 1.54) is 0 Å². The Balaban J connectivity index is 2.36. The zero-order valence-electron chi connectivity index (χ0n) is 11.1. The van der Waals surface area contributed by atoms with E-state index < -0.39 is 32.0 Å². The van der Waals surface area contributed by atoms with Crippen LogP contribution < -0.4 is 5.32 Å². The normalized spacial score (nSPS) is 23.7. The van der Waals surface area contributed by atoms with Crippen molar-refractivity contribution in [2.75, 3.05) is 16.8 Å². The van der Waals surface area contributed by atoms with E-state index >= 15 is 0 Å². The van der Waals surface area contributed by atoms with Gasteiger partial charge in [0.15, 0.2) is 9.84 Å². The van der Waals surface area contributed by atoms with Crippen LogP contribution in [0.3, 0.4) is 0 Å². The van der Waals surface area contributed by atoms with Crippen molar-refractivity contribution in [3.63, 3.8) is 0 Å². The summed E-state index contributed by atoms with van der Waals surface area (Å²) in [6.07, 6.45) is 1.29. The number of nitro groups is 1. The van der Waals surface area contributed by atoms with Gasteiger partial charge in [0.05, 0.1) is 27.5 Å². The topological polar surface area (TPSA) is 140 Å². The number of carbonyl (C=O) groups is 1. The average molecular weight is 315 g/mol. The average Bonchev–Trinajstić information content (AvgIpc) is 2.63. The number of sulfone groups is 1. The Morgan fingerprint density at radius 3 is 2.71 bits per heavy atom. The third-order valence-electron chi connectivity index (χ3n) is 3.23. The number of rotatable bonds is 4. The lowest BCUT2D eigenvalue weighted by molar-refractivity contribution is -0.384. The van der Waals surface area contributed by atoms with Gasteiger partial charge < -0.3 is 10.4 Å². The third-order valence-corrected chi connectivity index (χ3v) is 5.14. The molecule has 1 aliphatic rings. The molecule has 1 unspecified atom stereocenters. The molecule has 10 heteroatoms. The number of nitrogens with zero attached hydrogens (tertiary/aromatic N) is 2. The summed E-state index contributed by atoms with van der Waals surface area (Å²) < 4.78 is 23.1. The summed E-state index contributed by atoms with van der Waals surface area (Å²) in [7, 11) is -3.18. The summed E-state index contributed by atoms with van der Waals surface area (Å²) in [5, 5.41) is 22.6. The molecule has 0 spiro atoms. The van der Waals surface area contributed by atoms with Crippen molar-refractivity contribution in [2.24, 2.45) is 0 Å². The molecule has 0 saturated carbocycles. The molecule has 1 fully saturated rings. The molecule has 1 aromatic heterocycles. The predicted octanol–water partition coefficient (Wildman–Crippen LogP) is 0.677. The molecule has 21 heavy (non-hydrogen) atoms. The van der Waals surface area contributed by atoms with E-state index in [0.717, 1.165) is 12.3 Å². The number of pyridine rings is 1. The van der Waals surface area contributed by atoms with Crippen LogP contribution in [-0.4, -0.2) is 46.4 Å². The summed E-state index contributed by atoms with van der Waals surface area (Å²) in [4.78, 5) is 24.8. The molecule has 114 valence electrons. The summed E-state index contributed by atoms with van der Waals surface area (Å²) in [5.41, 5.74) is -1.67. The second-order valence-electron chi connectivity index (χ2n) is 5.18. The first-order valence-corrected chi connectivity index (χ1v) is 7.80. The summed E-state index contributed by atoms with van der Waals surface area (Å²) in [6.45, 7) is 1.63. The minimum Gasteiger partial charge on any atom is -0.478 e. The van der Waals surface area contributed by atoms with Gasteiger partial charge in [-0.25, -0.2) is 18.2 Å². The quantitative estimate of drug-likeness (QED) is 0.610.